The number of pyridine rings is 1. The van der Waals surface area contributed by atoms with Crippen molar-refractivity contribution in [3.8, 4) is 0 Å². The van der Waals surface area contributed by atoms with E-state index in [0.29, 0.717) is 6.07 Å². The maximum absolute atomic E-state index is 13.7. The molecule has 1 amide bonds. The van der Waals surface area contributed by atoms with E-state index in [9.17, 15) is 23.7 Å². The van der Waals surface area contributed by atoms with Crippen LogP contribution in [0.15, 0.2) is 48.7 Å². The van der Waals surface area contributed by atoms with Crippen LogP contribution in [-0.2, 0) is 0 Å². The highest BCUT2D eigenvalue weighted by Gasteiger charge is 2.14. The maximum atomic E-state index is 13.7. The zero-order chi connectivity index (χ0) is 17.3. The zero-order valence-corrected chi connectivity index (χ0v) is 12.0. The molecule has 3 rings (SSSR count). The number of hydrogen-bond acceptors (Lipinski definition) is 4. The van der Waals surface area contributed by atoms with Crippen LogP contribution < -0.4 is 5.32 Å². The van der Waals surface area contributed by atoms with Gasteiger partial charge in [-0.05, 0) is 18.2 Å². The fourth-order valence-corrected chi connectivity index (χ4v) is 2.24. The molecule has 3 aromatic rings. The predicted octanol–water partition coefficient (Wildman–Crippen LogP) is 3.67. The van der Waals surface area contributed by atoms with E-state index in [0.717, 1.165) is 12.1 Å². The Labute approximate surface area is 133 Å². The van der Waals surface area contributed by atoms with Gasteiger partial charge in [0.15, 0.2) is 5.82 Å². The Kier molecular flexibility index (Phi) is 3.87. The zero-order valence-electron chi connectivity index (χ0n) is 12.0. The molecule has 0 radical (unpaired) electrons. The highest BCUT2D eigenvalue weighted by atomic mass is 19.1. The van der Waals surface area contributed by atoms with Gasteiger partial charge in [0.1, 0.15) is 11.3 Å². The molecule has 0 saturated carbocycles. The highest BCUT2D eigenvalue weighted by Crippen LogP contribution is 2.25. The second-order valence-electron chi connectivity index (χ2n) is 4.90. The minimum Gasteiger partial charge on any atom is -0.321 e. The van der Waals surface area contributed by atoms with Gasteiger partial charge < -0.3 is 5.32 Å². The second-order valence-corrected chi connectivity index (χ2v) is 4.90. The largest absolute Gasteiger partial charge is 0.321 e. The van der Waals surface area contributed by atoms with Gasteiger partial charge in [-0.1, -0.05) is 6.07 Å². The normalized spacial score (nSPS) is 10.6. The molecule has 6 nitrogen and oxygen atoms in total. The Morgan fingerprint density at radius 2 is 1.96 bits per heavy atom. The van der Waals surface area contributed by atoms with Gasteiger partial charge in [0.2, 0.25) is 0 Å². The Hall–Kier alpha value is -3.42. The van der Waals surface area contributed by atoms with Gasteiger partial charge in [0.05, 0.1) is 10.6 Å². The third-order valence-electron chi connectivity index (χ3n) is 3.33. The topological polar surface area (TPSA) is 85.1 Å². The number of non-ortho nitro benzene ring substituents is 1. The van der Waals surface area contributed by atoms with Crippen molar-refractivity contribution in [1.82, 2.24) is 4.98 Å². The Morgan fingerprint density at radius 3 is 2.71 bits per heavy atom. The third kappa shape index (κ3) is 2.89. The van der Waals surface area contributed by atoms with E-state index in [2.05, 4.69) is 10.3 Å². The van der Waals surface area contributed by atoms with E-state index >= 15 is 0 Å². The van der Waals surface area contributed by atoms with Crippen LogP contribution in [0.25, 0.3) is 10.9 Å². The molecule has 0 saturated heterocycles. The van der Waals surface area contributed by atoms with Crippen molar-refractivity contribution >= 4 is 28.2 Å². The van der Waals surface area contributed by atoms with Gasteiger partial charge in [-0.2, -0.15) is 0 Å². The molecule has 1 N–H and O–H groups in total. The molecule has 24 heavy (non-hydrogen) atoms. The Balaban J connectivity index is 1.99. The molecule has 8 heteroatoms. The summed E-state index contributed by atoms with van der Waals surface area (Å²) in [6, 6.07) is 8.26. The molecule has 0 atom stereocenters. The Morgan fingerprint density at radius 1 is 1.17 bits per heavy atom. The summed E-state index contributed by atoms with van der Waals surface area (Å²) < 4.78 is 27.2. The highest BCUT2D eigenvalue weighted by molar-refractivity contribution is 6.08. The van der Waals surface area contributed by atoms with Gasteiger partial charge in [0.25, 0.3) is 11.6 Å². The van der Waals surface area contributed by atoms with Crippen molar-refractivity contribution in [2.24, 2.45) is 0 Å². The minimum absolute atomic E-state index is 0.0473. The molecule has 0 aliphatic rings. The third-order valence-corrected chi connectivity index (χ3v) is 3.33. The number of rotatable bonds is 3. The molecule has 120 valence electrons. The second kappa shape index (κ2) is 5.99. The summed E-state index contributed by atoms with van der Waals surface area (Å²) >= 11 is 0. The minimum atomic E-state index is -0.851. The molecule has 0 aliphatic carbocycles. The monoisotopic (exact) mass is 329 g/mol. The van der Waals surface area contributed by atoms with Gasteiger partial charge in [-0.25, -0.2) is 8.78 Å². The summed E-state index contributed by atoms with van der Waals surface area (Å²) in [6.45, 7) is 0. The summed E-state index contributed by atoms with van der Waals surface area (Å²) in [5.74, 6) is -2.30. The molecule has 1 aromatic heterocycles. The number of nitrogens with one attached hydrogen (secondary N) is 1. The summed E-state index contributed by atoms with van der Waals surface area (Å²) in [4.78, 5) is 26.2. The van der Waals surface area contributed by atoms with Crippen LogP contribution in [-0.4, -0.2) is 15.8 Å². The molecular formula is C16H9F2N3O3. The number of halogens is 2. The Bertz CT molecular complexity index is 976. The molecule has 0 unspecified atom stereocenters. The number of hydrogen-bond donors (Lipinski definition) is 1. The van der Waals surface area contributed by atoms with Crippen LogP contribution in [0.4, 0.5) is 20.2 Å². The number of nitro groups is 1. The smallest absolute Gasteiger partial charge is 0.270 e. The van der Waals surface area contributed by atoms with Crippen LogP contribution >= 0.6 is 0 Å². The first-order valence-electron chi connectivity index (χ1n) is 6.75. The molecule has 0 bridgehead atoms. The van der Waals surface area contributed by atoms with Crippen LogP contribution in [0.3, 0.4) is 0 Å². The van der Waals surface area contributed by atoms with E-state index in [1.807, 2.05) is 0 Å². The quantitative estimate of drug-likeness (QED) is 0.587. The van der Waals surface area contributed by atoms with E-state index in [1.54, 1.807) is 0 Å². The summed E-state index contributed by atoms with van der Waals surface area (Å²) in [6.07, 6.45) is 1.27. The molecule has 0 aliphatic heterocycles. The predicted molar refractivity (Wildman–Crippen MR) is 82.7 cm³/mol. The molecular weight excluding hydrogens is 320 g/mol. The summed E-state index contributed by atoms with van der Waals surface area (Å²) in [5, 5.41) is 13.3. The number of aromatic nitrogens is 1. The van der Waals surface area contributed by atoms with E-state index in [-0.39, 0.29) is 27.8 Å². The number of benzene rings is 2. The van der Waals surface area contributed by atoms with Crippen molar-refractivity contribution in [2.45, 2.75) is 0 Å². The molecule has 1 heterocycles. The fourth-order valence-electron chi connectivity index (χ4n) is 2.24. The van der Waals surface area contributed by atoms with Crippen molar-refractivity contribution in [2.75, 3.05) is 5.32 Å². The van der Waals surface area contributed by atoms with Crippen molar-refractivity contribution in [3.63, 3.8) is 0 Å². The van der Waals surface area contributed by atoms with Crippen LogP contribution in [0.2, 0.25) is 0 Å². The van der Waals surface area contributed by atoms with Gasteiger partial charge in [-0.15, -0.1) is 0 Å². The number of nitro benzene ring substituents is 1. The van der Waals surface area contributed by atoms with E-state index in [1.165, 1.54) is 30.5 Å². The van der Waals surface area contributed by atoms with Crippen molar-refractivity contribution in [1.29, 1.82) is 0 Å². The van der Waals surface area contributed by atoms with Gasteiger partial charge >= 0.3 is 0 Å². The standard InChI is InChI=1S/C16H9F2N3O3/c17-10-7-12-14(4-5-19-15(12)13(18)8-10)20-16(22)9-2-1-3-11(6-9)21(23)24/h1-8H,(H,19,20,22). The van der Waals surface area contributed by atoms with Crippen molar-refractivity contribution < 1.29 is 18.5 Å². The number of amides is 1. The molecule has 2 aromatic carbocycles. The number of anilines is 1. The van der Waals surface area contributed by atoms with Crippen LogP contribution in [0, 0.1) is 21.7 Å². The number of nitrogens with zero attached hydrogens (tertiary/aromatic N) is 2. The first-order valence-corrected chi connectivity index (χ1v) is 6.75. The lowest BCUT2D eigenvalue weighted by molar-refractivity contribution is -0.384. The lowest BCUT2D eigenvalue weighted by Gasteiger charge is -2.09. The summed E-state index contributed by atoms with van der Waals surface area (Å²) in [7, 11) is 0. The average molecular weight is 329 g/mol. The fraction of sp³-hybridized carbons (Fsp3) is 0. The first-order chi connectivity index (χ1) is 11.5. The SMILES string of the molecule is O=C(Nc1ccnc2c(F)cc(F)cc12)c1cccc([N+](=O)[O-])c1. The number of fused-ring (bicyclic) bond motifs is 1. The van der Waals surface area contributed by atoms with Crippen LogP contribution in [0.5, 0.6) is 0 Å². The maximum Gasteiger partial charge on any atom is 0.270 e. The number of carbonyl (C=O) groups is 1. The lowest BCUT2D eigenvalue weighted by Crippen LogP contribution is -2.12. The van der Waals surface area contributed by atoms with E-state index < -0.39 is 22.5 Å². The van der Waals surface area contributed by atoms with E-state index in [4.69, 9.17) is 0 Å². The van der Waals surface area contributed by atoms with Gasteiger partial charge in [0, 0.05) is 35.3 Å². The first kappa shape index (κ1) is 15.5. The molecule has 0 spiro atoms. The number of carbonyl (C=O) groups excluding carboxylic acids is 1. The summed E-state index contributed by atoms with van der Waals surface area (Å²) in [5.41, 5.74) is -0.131. The molecule has 0 fully saturated rings. The van der Waals surface area contributed by atoms with Gasteiger partial charge in [-0.3, -0.25) is 19.9 Å². The lowest BCUT2D eigenvalue weighted by atomic mass is 10.1. The average Bonchev–Trinajstić information content (AvgIpc) is 2.55. The van der Waals surface area contributed by atoms with Crippen molar-refractivity contribution in [3.05, 3.63) is 76.0 Å². The van der Waals surface area contributed by atoms with Crippen LogP contribution in [0.1, 0.15) is 10.4 Å².